The summed E-state index contributed by atoms with van der Waals surface area (Å²) in [4.78, 5) is 47.7. The molecule has 0 atom stereocenters. The van der Waals surface area contributed by atoms with Crippen molar-refractivity contribution in [3.05, 3.63) is 71.8 Å². The standard InChI is InChI=1S/C23H26N2O6/c26-19(17-9-3-1-4-10-17)24-15-7-13-23(21(28)29,22(30)31)14-8-16-25-20(27)18-11-5-2-6-12-18/h1-6,9-12H,7-8,13-16H2,(H,24,26)(H,25,27)(H,28,29)(H,30,31). The Labute approximate surface area is 180 Å². The van der Waals surface area contributed by atoms with Crippen molar-refractivity contribution in [1.82, 2.24) is 10.6 Å². The number of nitrogens with one attached hydrogen (secondary N) is 2. The lowest BCUT2D eigenvalue weighted by Crippen LogP contribution is -2.41. The number of aliphatic carboxylic acids is 2. The zero-order valence-corrected chi connectivity index (χ0v) is 17.0. The molecule has 4 N–H and O–H groups in total. The van der Waals surface area contributed by atoms with E-state index in [9.17, 15) is 29.4 Å². The zero-order valence-electron chi connectivity index (χ0n) is 17.0. The van der Waals surface area contributed by atoms with Gasteiger partial charge in [-0.05, 0) is 49.9 Å². The van der Waals surface area contributed by atoms with Crippen LogP contribution in [0.2, 0.25) is 0 Å². The molecule has 8 nitrogen and oxygen atoms in total. The van der Waals surface area contributed by atoms with Crippen LogP contribution in [0.5, 0.6) is 0 Å². The summed E-state index contributed by atoms with van der Waals surface area (Å²) in [5.74, 6) is -3.46. The van der Waals surface area contributed by atoms with Crippen molar-refractivity contribution in [2.24, 2.45) is 5.41 Å². The van der Waals surface area contributed by atoms with Crippen LogP contribution in [-0.2, 0) is 9.59 Å². The van der Waals surface area contributed by atoms with Crippen molar-refractivity contribution < 1.29 is 29.4 Å². The molecule has 2 amide bonds. The lowest BCUT2D eigenvalue weighted by molar-refractivity contribution is -0.166. The average Bonchev–Trinajstić information content (AvgIpc) is 2.78. The fourth-order valence-corrected chi connectivity index (χ4v) is 3.21. The van der Waals surface area contributed by atoms with Gasteiger partial charge < -0.3 is 20.8 Å². The first-order valence-electron chi connectivity index (χ1n) is 10.00. The maximum absolute atomic E-state index is 12.0. The van der Waals surface area contributed by atoms with Crippen molar-refractivity contribution in [1.29, 1.82) is 0 Å². The van der Waals surface area contributed by atoms with Gasteiger partial charge in [-0.2, -0.15) is 0 Å². The average molecular weight is 426 g/mol. The molecule has 0 heterocycles. The summed E-state index contributed by atoms with van der Waals surface area (Å²) in [6.45, 7) is 0.307. The Morgan fingerprint density at radius 1 is 0.645 bits per heavy atom. The smallest absolute Gasteiger partial charge is 0.321 e. The summed E-state index contributed by atoms with van der Waals surface area (Å²) in [6, 6.07) is 17.1. The second-order valence-electron chi connectivity index (χ2n) is 7.14. The summed E-state index contributed by atoms with van der Waals surface area (Å²) >= 11 is 0. The van der Waals surface area contributed by atoms with E-state index in [2.05, 4.69) is 10.6 Å². The van der Waals surface area contributed by atoms with Gasteiger partial charge in [0, 0.05) is 24.2 Å². The molecule has 0 unspecified atom stereocenters. The van der Waals surface area contributed by atoms with Crippen LogP contribution < -0.4 is 10.6 Å². The van der Waals surface area contributed by atoms with Crippen molar-refractivity contribution in [2.75, 3.05) is 13.1 Å². The molecule has 2 aromatic rings. The van der Waals surface area contributed by atoms with Crippen LogP contribution >= 0.6 is 0 Å². The number of carboxylic acid groups (broad SMARTS) is 2. The number of benzene rings is 2. The SMILES string of the molecule is O=C(NCCCC(CCCNC(=O)c1ccccc1)(C(=O)O)C(=O)O)c1ccccc1. The molecular weight excluding hydrogens is 400 g/mol. The molecule has 0 spiro atoms. The third-order valence-electron chi connectivity index (χ3n) is 5.02. The molecule has 0 saturated carbocycles. The fourth-order valence-electron chi connectivity index (χ4n) is 3.21. The lowest BCUT2D eigenvalue weighted by Gasteiger charge is -2.25. The van der Waals surface area contributed by atoms with Crippen molar-refractivity contribution in [3.8, 4) is 0 Å². The van der Waals surface area contributed by atoms with E-state index in [0.717, 1.165) is 0 Å². The Kier molecular flexibility index (Phi) is 8.75. The fraction of sp³-hybridized carbons (Fsp3) is 0.304. The summed E-state index contributed by atoms with van der Waals surface area (Å²) < 4.78 is 0. The number of hydrogen-bond donors (Lipinski definition) is 4. The van der Waals surface area contributed by atoms with Crippen LogP contribution in [-0.4, -0.2) is 47.1 Å². The summed E-state index contributed by atoms with van der Waals surface area (Å²) in [5, 5.41) is 24.6. The summed E-state index contributed by atoms with van der Waals surface area (Å²) in [5.41, 5.74) is -1.03. The monoisotopic (exact) mass is 426 g/mol. The molecule has 0 bridgehead atoms. The highest BCUT2D eigenvalue weighted by molar-refractivity contribution is 5.98. The maximum atomic E-state index is 12.0. The molecule has 8 heteroatoms. The van der Waals surface area contributed by atoms with E-state index in [0.29, 0.717) is 11.1 Å². The van der Waals surface area contributed by atoms with Crippen LogP contribution in [0.15, 0.2) is 60.7 Å². The maximum Gasteiger partial charge on any atom is 0.321 e. The minimum absolute atomic E-state index is 0.140. The van der Waals surface area contributed by atoms with Crippen molar-refractivity contribution >= 4 is 23.8 Å². The van der Waals surface area contributed by atoms with E-state index in [-0.39, 0.29) is 50.6 Å². The predicted octanol–water partition coefficient (Wildman–Crippen LogP) is 2.56. The molecule has 0 aromatic heterocycles. The van der Waals surface area contributed by atoms with Gasteiger partial charge in [0.05, 0.1) is 0 Å². The van der Waals surface area contributed by atoms with Gasteiger partial charge >= 0.3 is 11.9 Å². The van der Waals surface area contributed by atoms with E-state index in [1.807, 2.05) is 0 Å². The first-order valence-corrected chi connectivity index (χ1v) is 10.00. The largest absolute Gasteiger partial charge is 0.480 e. The molecule has 2 rings (SSSR count). The Morgan fingerprint density at radius 2 is 1.00 bits per heavy atom. The highest BCUT2D eigenvalue weighted by Crippen LogP contribution is 2.30. The van der Waals surface area contributed by atoms with Gasteiger partial charge in [-0.1, -0.05) is 36.4 Å². The van der Waals surface area contributed by atoms with Gasteiger partial charge in [0.25, 0.3) is 11.8 Å². The lowest BCUT2D eigenvalue weighted by atomic mass is 9.79. The van der Waals surface area contributed by atoms with Gasteiger partial charge in [0.2, 0.25) is 0 Å². The van der Waals surface area contributed by atoms with Crippen LogP contribution in [0.4, 0.5) is 0 Å². The molecule has 0 aliphatic rings. The molecule has 0 aliphatic carbocycles. The zero-order chi connectivity index (χ0) is 22.7. The van der Waals surface area contributed by atoms with Gasteiger partial charge in [-0.3, -0.25) is 19.2 Å². The van der Waals surface area contributed by atoms with Crippen molar-refractivity contribution in [2.45, 2.75) is 25.7 Å². The second-order valence-corrected chi connectivity index (χ2v) is 7.14. The number of hydrogen-bond acceptors (Lipinski definition) is 4. The van der Waals surface area contributed by atoms with E-state index >= 15 is 0 Å². The van der Waals surface area contributed by atoms with Gasteiger partial charge in [0.1, 0.15) is 0 Å². The van der Waals surface area contributed by atoms with Gasteiger partial charge in [0.15, 0.2) is 5.41 Å². The third-order valence-corrected chi connectivity index (χ3v) is 5.02. The minimum Gasteiger partial charge on any atom is -0.480 e. The Hall–Kier alpha value is -3.68. The molecular formula is C23H26N2O6. The van der Waals surface area contributed by atoms with Crippen molar-refractivity contribution in [3.63, 3.8) is 0 Å². The molecule has 0 fully saturated rings. The number of carboxylic acids is 2. The highest BCUT2D eigenvalue weighted by Gasteiger charge is 2.45. The highest BCUT2D eigenvalue weighted by atomic mass is 16.4. The van der Waals surface area contributed by atoms with E-state index in [4.69, 9.17) is 0 Å². The van der Waals surface area contributed by atoms with E-state index in [1.54, 1.807) is 60.7 Å². The predicted molar refractivity (Wildman–Crippen MR) is 114 cm³/mol. The number of rotatable bonds is 12. The number of carbonyl (C=O) groups excluding carboxylic acids is 2. The molecule has 164 valence electrons. The van der Waals surface area contributed by atoms with Crippen LogP contribution in [0.1, 0.15) is 46.4 Å². The number of carbonyl (C=O) groups is 4. The first kappa shape index (κ1) is 23.6. The second kappa shape index (κ2) is 11.5. The Bertz CT molecular complexity index is 823. The number of amides is 2. The van der Waals surface area contributed by atoms with Gasteiger partial charge in [-0.25, -0.2) is 0 Å². The minimum atomic E-state index is -1.98. The van der Waals surface area contributed by atoms with Crippen LogP contribution in [0.3, 0.4) is 0 Å². The Morgan fingerprint density at radius 3 is 1.32 bits per heavy atom. The normalized spacial score (nSPS) is 10.8. The molecule has 2 aromatic carbocycles. The van der Waals surface area contributed by atoms with E-state index in [1.165, 1.54) is 0 Å². The molecule has 0 saturated heterocycles. The summed E-state index contributed by atoms with van der Waals surface area (Å²) in [6.07, 6.45) is 0.0971. The quantitative estimate of drug-likeness (QED) is 0.305. The van der Waals surface area contributed by atoms with Crippen LogP contribution in [0, 0.1) is 5.41 Å². The summed E-state index contributed by atoms with van der Waals surface area (Å²) in [7, 11) is 0. The van der Waals surface area contributed by atoms with Crippen LogP contribution in [0.25, 0.3) is 0 Å². The van der Waals surface area contributed by atoms with E-state index < -0.39 is 17.4 Å². The Balaban J connectivity index is 1.85. The van der Waals surface area contributed by atoms with Gasteiger partial charge in [-0.15, -0.1) is 0 Å². The topological polar surface area (TPSA) is 133 Å². The molecule has 0 radical (unpaired) electrons. The third kappa shape index (κ3) is 6.67. The molecule has 31 heavy (non-hydrogen) atoms. The first-order chi connectivity index (χ1) is 14.9. The molecule has 0 aliphatic heterocycles.